The molecule has 0 saturated heterocycles. The summed E-state index contributed by atoms with van der Waals surface area (Å²) < 4.78 is 2.12. The number of aromatic carboxylic acids is 1. The van der Waals surface area contributed by atoms with Crippen molar-refractivity contribution in [1.82, 2.24) is 14.5 Å². The molecule has 5 nitrogen and oxygen atoms in total. The number of carbonyl (C=O) groups is 1. The summed E-state index contributed by atoms with van der Waals surface area (Å²) in [5, 5.41) is 10.1. The number of benzene rings is 1. The highest BCUT2D eigenvalue weighted by Crippen LogP contribution is 2.26. The van der Waals surface area contributed by atoms with E-state index in [1.165, 1.54) is 0 Å². The van der Waals surface area contributed by atoms with Crippen molar-refractivity contribution in [2.45, 2.75) is 20.4 Å². The van der Waals surface area contributed by atoms with Gasteiger partial charge >= 0.3 is 5.97 Å². The fraction of sp³-hybridized carbons (Fsp3) is 0.188. The smallest absolute Gasteiger partial charge is 0.335 e. The number of hydrogen-bond donors (Lipinski definition) is 1. The highest BCUT2D eigenvalue weighted by Gasteiger charge is 2.14. The van der Waals surface area contributed by atoms with Gasteiger partial charge in [-0.1, -0.05) is 0 Å². The second kappa shape index (κ2) is 5.01. The molecule has 21 heavy (non-hydrogen) atoms. The largest absolute Gasteiger partial charge is 0.478 e. The van der Waals surface area contributed by atoms with Crippen LogP contribution in [0.1, 0.15) is 27.4 Å². The van der Waals surface area contributed by atoms with E-state index in [-0.39, 0.29) is 0 Å². The van der Waals surface area contributed by atoms with Gasteiger partial charge < -0.3 is 9.67 Å². The summed E-state index contributed by atoms with van der Waals surface area (Å²) in [5.41, 5.74) is 3.49. The fourth-order valence-electron chi connectivity index (χ4n) is 2.54. The van der Waals surface area contributed by atoms with E-state index in [2.05, 4.69) is 14.5 Å². The first-order chi connectivity index (χ1) is 10.1. The van der Waals surface area contributed by atoms with E-state index in [0.29, 0.717) is 12.1 Å². The minimum atomic E-state index is -0.909. The Morgan fingerprint density at radius 1 is 1.24 bits per heavy atom. The maximum Gasteiger partial charge on any atom is 0.335 e. The van der Waals surface area contributed by atoms with Gasteiger partial charge in [0.25, 0.3) is 0 Å². The quantitative estimate of drug-likeness (QED) is 0.801. The number of rotatable bonds is 3. The zero-order valence-corrected chi connectivity index (χ0v) is 11.9. The number of hydrogen-bond acceptors (Lipinski definition) is 3. The molecule has 1 N–H and O–H groups in total. The summed E-state index contributed by atoms with van der Waals surface area (Å²) in [4.78, 5) is 19.6. The third-order valence-electron chi connectivity index (χ3n) is 3.80. The number of aryl methyl sites for hydroxylation is 1. The molecule has 0 aliphatic rings. The van der Waals surface area contributed by atoms with Crippen LogP contribution >= 0.6 is 0 Å². The summed E-state index contributed by atoms with van der Waals surface area (Å²) >= 11 is 0. The van der Waals surface area contributed by atoms with Crippen LogP contribution in [0.5, 0.6) is 0 Å². The maximum atomic E-state index is 11.1. The highest BCUT2D eigenvalue weighted by atomic mass is 16.4. The molecule has 2 heterocycles. The standard InChI is InChI=1S/C16H15N3O2/c1-10-11(2)19(9-15-17-6-3-7-18-15)14-5-4-12(16(20)21)8-13(10)14/h3-8H,9H2,1-2H3,(H,20,21). The summed E-state index contributed by atoms with van der Waals surface area (Å²) in [6.07, 6.45) is 3.44. The average Bonchev–Trinajstić information content (AvgIpc) is 2.73. The van der Waals surface area contributed by atoms with Crippen molar-refractivity contribution in [2.24, 2.45) is 0 Å². The second-order valence-electron chi connectivity index (χ2n) is 5.00. The van der Waals surface area contributed by atoms with Gasteiger partial charge in [-0.3, -0.25) is 0 Å². The van der Waals surface area contributed by atoms with Gasteiger partial charge in [-0.15, -0.1) is 0 Å². The third kappa shape index (κ3) is 2.27. The molecular weight excluding hydrogens is 266 g/mol. The van der Waals surface area contributed by atoms with Crippen LogP contribution in [-0.2, 0) is 6.54 Å². The maximum absolute atomic E-state index is 11.1. The van der Waals surface area contributed by atoms with Crippen LogP contribution in [0.3, 0.4) is 0 Å². The molecule has 0 bridgehead atoms. The van der Waals surface area contributed by atoms with Crippen molar-refractivity contribution in [2.75, 3.05) is 0 Å². The van der Waals surface area contributed by atoms with Crippen molar-refractivity contribution >= 4 is 16.9 Å². The third-order valence-corrected chi connectivity index (χ3v) is 3.80. The topological polar surface area (TPSA) is 68.0 Å². The van der Waals surface area contributed by atoms with Crippen LogP contribution in [0.4, 0.5) is 0 Å². The van der Waals surface area contributed by atoms with E-state index in [4.69, 9.17) is 5.11 Å². The minimum Gasteiger partial charge on any atom is -0.478 e. The molecule has 106 valence electrons. The first kappa shape index (κ1) is 13.3. The summed E-state index contributed by atoms with van der Waals surface area (Å²) in [7, 11) is 0. The van der Waals surface area contributed by atoms with E-state index in [0.717, 1.165) is 28.0 Å². The minimum absolute atomic E-state index is 0.304. The molecule has 5 heteroatoms. The lowest BCUT2D eigenvalue weighted by Gasteiger charge is -2.07. The van der Waals surface area contributed by atoms with Gasteiger partial charge in [0.05, 0.1) is 12.1 Å². The number of carboxylic acids is 1. The lowest BCUT2D eigenvalue weighted by atomic mass is 10.1. The lowest BCUT2D eigenvalue weighted by Crippen LogP contribution is -2.05. The van der Waals surface area contributed by atoms with Gasteiger partial charge in [-0.05, 0) is 43.7 Å². The summed E-state index contributed by atoms with van der Waals surface area (Å²) in [6, 6.07) is 6.99. The molecule has 0 fully saturated rings. The molecule has 3 aromatic rings. The van der Waals surface area contributed by atoms with Crippen LogP contribution in [0.15, 0.2) is 36.7 Å². The van der Waals surface area contributed by atoms with Crippen LogP contribution in [0.25, 0.3) is 10.9 Å². The Morgan fingerprint density at radius 3 is 2.62 bits per heavy atom. The Labute approximate surface area is 121 Å². The first-order valence-corrected chi connectivity index (χ1v) is 6.66. The molecule has 0 aliphatic carbocycles. The summed E-state index contributed by atoms with van der Waals surface area (Å²) in [5.74, 6) is -0.173. The number of nitrogens with zero attached hydrogens (tertiary/aromatic N) is 3. The molecule has 3 rings (SSSR count). The van der Waals surface area contributed by atoms with E-state index in [1.54, 1.807) is 30.6 Å². The van der Waals surface area contributed by atoms with E-state index in [9.17, 15) is 4.79 Å². The average molecular weight is 281 g/mol. The van der Waals surface area contributed by atoms with Crippen LogP contribution in [0, 0.1) is 13.8 Å². The molecule has 0 aliphatic heterocycles. The highest BCUT2D eigenvalue weighted by molar-refractivity contribution is 5.95. The fourth-order valence-corrected chi connectivity index (χ4v) is 2.54. The van der Waals surface area contributed by atoms with Crippen molar-refractivity contribution in [3.8, 4) is 0 Å². The van der Waals surface area contributed by atoms with E-state index < -0.39 is 5.97 Å². The van der Waals surface area contributed by atoms with Crippen molar-refractivity contribution in [1.29, 1.82) is 0 Å². The Morgan fingerprint density at radius 2 is 1.95 bits per heavy atom. The van der Waals surface area contributed by atoms with Crippen molar-refractivity contribution in [3.63, 3.8) is 0 Å². The SMILES string of the molecule is Cc1c(C)n(Cc2ncccn2)c2ccc(C(=O)O)cc12. The molecule has 0 saturated carbocycles. The Hall–Kier alpha value is -2.69. The van der Waals surface area contributed by atoms with Gasteiger partial charge in [0.15, 0.2) is 0 Å². The molecule has 0 spiro atoms. The predicted octanol–water partition coefficient (Wildman–Crippen LogP) is 2.79. The van der Waals surface area contributed by atoms with Crippen molar-refractivity contribution in [3.05, 3.63) is 59.3 Å². The number of aromatic nitrogens is 3. The molecular formula is C16H15N3O2. The van der Waals surface area contributed by atoms with Crippen LogP contribution < -0.4 is 0 Å². The Kier molecular flexibility index (Phi) is 3.17. The lowest BCUT2D eigenvalue weighted by molar-refractivity contribution is 0.0697. The van der Waals surface area contributed by atoms with Crippen LogP contribution in [-0.4, -0.2) is 25.6 Å². The van der Waals surface area contributed by atoms with E-state index >= 15 is 0 Å². The van der Waals surface area contributed by atoms with Gasteiger partial charge in [0.2, 0.25) is 0 Å². The predicted molar refractivity (Wildman–Crippen MR) is 79.5 cm³/mol. The van der Waals surface area contributed by atoms with Crippen LogP contribution in [0.2, 0.25) is 0 Å². The normalized spacial score (nSPS) is 11.0. The molecule has 1 aromatic carbocycles. The Balaban J connectivity index is 2.15. The second-order valence-corrected chi connectivity index (χ2v) is 5.00. The molecule has 0 radical (unpaired) electrons. The van der Waals surface area contributed by atoms with Crippen molar-refractivity contribution < 1.29 is 9.90 Å². The molecule has 0 unspecified atom stereocenters. The van der Waals surface area contributed by atoms with E-state index in [1.807, 2.05) is 19.9 Å². The zero-order valence-electron chi connectivity index (χ0n) is 11.9. The first-order valence-electron chi connectivity index (χ1n) is 6.66. The van der Waals surface area contributed by atoms with Gasteiger partial charge in [0.1, 0.15) is 5.82 Å². The summed E-state index contributed by atoms with van der Waals surface area (Å²) in [6.45, 7) is 4.60. The van der Waals surface area contributed by atoms with Gasteiger partial charge in [0, 0.05) is 29.0 Å². The molecule has 0 atom stereocenters. The zero-order chi connectivity index (χ0) is 15.0. The number of fused-ring (bicyclic) bond motifs is 1. The van der Waals surface area contributed by atoms with Gasteiger partial charge in [-0.2, -0.15) is 0 Å². The molecule has 2 aromatic heterocycles. The number of carboxylic acid groups (broad SMARTS) is 1. The molecule has 0 amide bonds. The van der Waals surface area contributed by atoms with Gasteiger partial charge in [-0.25, -0.2) is 14.8 Å². The Bertz CT molecular complexity index is 822. The monoisotopic (exact) mass is 281 g/mol.